The summed E-state index contributed by atoms with van der Waals surface area (Å²) in [5, 5.41) is 7.13. The minimum atomic E-state index is 0.598. The molecule has 1 aromatic rings. The topological polar surface area (TPSA) is 47.0 Å². The summed E-state index contributed by atoms with van der Waals surface area (Å²) in [5.74, 6) is 0.937. The van der Waals surface area contributed by atoms with Gasteiger partial charge in [-0.05, 0) is 37.7 Å². The van der Waals surface area contributed by atoms with Crippen LogP contribution in [0.5, 0.6) is 5.75 Å². The second-order valence-corrected chi connectivity index (χ2v) is 6.32. The molecule has 128 valence electrons. The maximum Gasteiger partial charge on any atom is 0.166 e. The van der Waals surface area contributed by atoms with Crippen LogP contribution < -0.4 is 20.3 Å². The van der Waals surface area contributed by atoms with Gasteiger partial charge in [0, 0.05) is 0 Å². The summed E-state index contributed by atoms with van der Waals surface area (Å²) in [7, 11) is 0. The summed E-state index contributed by atoms with van der Waals surface area (Å²) in [5.41, 5.74) is 2.42. The maximum absolute atomic E-state index is 5.77. The predicted molar refractivity (Wildman–Crippen MR) is 96.4 cm³/mol. The largest absolute Gasteiger partial charge is 0.491 e. The van der Waals surface area contributed by atoms with Crippen molar-refractivity contribution in [2.45, 2.75) is 13.8 Å². The van der Waals surface area contributed by atoms with Crippen LogP contribution in [-0.2, 0) is 4.74 Å². The van der Waals surface area contributed by atoms with Gasteiger partial charge in [0.1, 0.15) is 25.4 Å². The van der Waals surface area contributed by atoms with E-state index in [1.165, 1.54) is 11.1 Å². The molecule has 3 N–H and O–H groups in total. The van der Waals surface area contributed by atoms with Gasteiger partial charge < -0.3 is 25.0 Å². The molecule has 1 aliphatic rings. The van der Waals surface area contributed by atoms with Crippen LogP contribution in [0.25, 0.3) is 0 Å². The van der Waals surface area contributed by atoms with Gasteiger partial charge >= 0.3 is 0 Å². The normalized spacial score (nSPS) is 15.2. The van der Waals surface area contributed by atoms with Crippen molar-refractivity contribution >= 4 is 17.3 Å². The third kappa shape index (κ3) is 6.72. The fourth-order valence-corrected chi connectivity index (χ4v) is 2.82. The average Bonchev–Trinajstić information content (AvgIpc) is 2.54. The van der Waals surface area contributed by atoms with Crippen LogP contribution >= 0.6 is 12.2 Å². The van der Waals surface area contributed by atoms with E-state index in [-0.39, 0.29) is 0 Å². The van der Waals surface area contributed by atoms with Gasteiger partial charge in [0.25, 0.3) is 0 Å². The first-order chi connectivity index (χ1) is 11.1. The number of nitrogens with one attached hydrogen (secondary N) is 3. The van der Waals surface area contributed by atoms with Crippen molar-refractivity contribution in [3.05, 3.63) is 29.3 Å². The number of ether oxygens (including phenoxy) is 2. The summed E-state index contributed by atoms with van der Waals surface area (Å²) >= 11 is 5.28. The Morgan fingerprint density at radius 2 is 1.96 bits per heavy atom. The lowest BCUT2D eigenvalue weighted by atomic mass is 10.1. The molecule has 0 saturated carbocycles. The molecule has 0 aliphatic carbocycles. The molecular weight excluding hydrogens is 310 g/mol. The highest BCUT2D eigenvalue weighted by Crippen LogP contribution is 2.18. The monoisotopic (exact) mass is 338 g/mol. The van der Waals surface area contributed by atoms with E-state index in [2.05, 4.69) is 36.6 Å². The fraction of sp³-hybridized carbons (Fsp3) is 0.588. The molecule has 0 aromatic heterocycles. The van der Waals surface area contributed by atoms with E-state index >= 15 is 0 Å². The smallest absolute Gasteiger partial charge is 0.166 e. The Morgan fingerprint density at radius 1 is 1.22 bits per heavy atom. The molecule has 5 nitrogen and oxygen atoms in total. The number of aryl methyl sites for hydroxylation is 2. The van der Waals surface area contributed by atoms with Gasteiger partial charge in [0.05, 0.1) is 32.8 Å². The van der Waals surface area contributed by atoms with Crippen molar-refractivity contribution in [1.82, 2.24) is 10.6 Å². The maximum atomic E-state index is 5.77. The Balaban J connectivity index is 1.54. The molecular formula is C17H28N3O2S+. The van der Waals surface area contributed by atoms with Crippen molar-refractivity contribution in [1.29, 1.82) is 0 Å². The molecule has 0 unspecified atom stereocenters. The number of rotatable bonds is 7. The van der Waals surface area contributed by atoms with Crippen LogP contribution in [-0.4, -0.2) is 57.7 Å². The van der Waals surface area contributed by atoms with Gasteiger partial charge in [-0.25, -0.2) is 0 Å². The summed E-state index contributed by atoms with van der Waals surface area (Å²) in [6.07, 6.45) is 0. The van der Waals surface area contributed by atoms with Crippen LogP contribution in [0.3, 0.4) is 0 Å². The Hall–Kier alpha value is -1.37. The zero-order valence-electron chi connectivity index (χ0n) is 14.1. The van der Waals surface area contributed by atoms with Crippen molar-refractivity contribution in [3.8, 4) is 5.75 Å². The number of thiocarbonyl (C=S) groups is 1. The number of quaternary nitrogens is 1. The third-order valence-corrected chi connectivity index (χ3v) is 4.23. The van der Waals surface area contributed by atoms with Crippen LogP contribution in [0.2, 0.25) is 0 Å². The Morgan fingerprint density at radius 3 is 2.70 bits per heavy atom. The zero-order chi connectivity index (χ0) is 16.5. The molecule has 1 heterocycles. The second kappa shape index (κ2) is 9.70. The average molecular weight is 338 g/mol. The van der Waals surface area contributed by atoms with Crippen molar-refractivity contribution in [2.24, 2.45) is 0 Å². The molecule has 1 aliphatic heterocycles. The summed E-state index contributed by atoms with van der Waals surface area (Å²) < 4.78 is 11.1. The number of hydrogen-bond acceptors (Lipinski definition) is 3. The van der Waals surface area contributed by atoms with Gasteiger partial charge in [-0.15, -0.1) is 0 Å². The Labute approximate surface area is 144 Å². The summed E-state index contributed by atoms with van der Waals surface area (Å²) in [4.78, 5) is 1.57. The summed E-state index contributed by atoms with van der Waals surface area (Å²) in [6, 6.07) is 6.21. The molecule has 0 radical (unpaired) electrons. The molecule has 0 spiro atoms. The Kier molecular flexibility index (Phi) is 7.58. The minimum absolute atomic E-state index is 0.598. The first kappa shape index (κ1) is 18.0. The van der Waals surface area contributed by atoms with Gasteiger partial charge in [0.15, 0.2) is 5.11 Å². The Bertz CT molecular complexity index is 505. The van der Waals surface area contributed by atoms with E-state index in [0.717, 1.165) is 45.1 Å². The van der Waals surface area contributed by atoms with Crippen LogP contribution in [0.4, 0.5) is 0 Å². The van der Waals surface area contributed by atoms with E-state index in [4.69, 9.17) is 21.7 Å². The highest BCUT2D eigenvalue weighted by molar-refractivity contribution is 7.80. The molecule has 1 aromatic carbocycles. The first-order valence-corrected chi connectivity index (χ1v) is 8.69. The van der Waals surface area contributed by atoms with E-state index in [1.54, 1.807) is 4.90 Å². The van der Waals surface area contributed by atoms with Crippen molar-refractivity contribution in [2.75, 3.05) is 52.5 Å². The van der Waals surface area contributed by atoms with Crippen LogP contribution in [0.1, 0.15) is 11.1 Å². The van der Waals surface area contributed by atoms with E-state index in [0.29, 0.717) is 18.3 Å². The second-order valence-electron chi connectivity index (χ2n) is 5.91. The minimum Gasteiger partial charge on any atom is -0.491 e. The van der Waals surface area contributed by atoms with Gasteiger partial charge in [-0.3, -0.25) is 0 Å². The molecule has 1 fully saturated rings. The van der Waals surface area contributed by atoms with Crippen LogP contribution in [0.15, 0.2) is 18.2 Å². The van der Waals surface area contributed by atoms with Gasteiger partial charge in [-0.1, -0.05) is 17.7 Å². The van der Waals surface area contributed by atoms with Gasteiger partial charge in [0.2, 0.25) is 0 Å². The van der Waals surface area contributed by atoms with Gasteiger partial charge in [-0.2, -0.15) is 0 Å². The summed E-state index contributed by atoms with van der Waals surface area (Å²) in [6.45, 7) is 11.3. The van der Waals surface area contributed by atoms with E-state index < -0.39 is 0 Å². The predicted octanol–water partition coefficient (Wildman–Crippen LogP) is 0.0614. The lowest BCUT2D eigenvalue weighted by Crippen LogP contribution is -3.14. The third-order valence-electron chi connectivity index (χ3n) is 3.94. The van der Waals surface area contributed by atoms with E-state index in [9.17, 15) is 0 Å². The van der Waals surface area contributed by atoms with Crippen molar-refractivity contribution < 1.29 is 14.4 Å². The molecule has 23 heavy (non-hydrogen) atoms. The quantitative estimate of drug-likeness (QED) is 0.485. The highest BCUT2D eigenvalue weighted by Gasteiger charge is 2.12. The molecule has 2 rings (SSSR count). The molecule has 0 bridgehead atoms. The molecule has 1 saturated heterocycles. The lowest BCUT2D eigenvalue weighted by molar-refractivity contribution is -0.906. The molecule has 6 heteroatoms. The zero-order valence-corrected chi connectivity index (χ0v) is 14.9. The fourth-order valence-electron chi connectivity index (χ4n) is 2.61. The lowest BCUT2D eigenvalue weighted by Gasteiger charge is -2.24. The number of morpholine rings is 1. The first-order valence-electron chi connectivity index (χ1n) is 8.28. The molecule has 0 atom stereocenters. The highest BCUT2D eigenvalue weighted by atomic mass is 32.1. The van der Waals surface area contributed by atoms with Crippen LogP contribution in [0, 0.1) is 13.8 Å². The SMILES string of the molecule is Cc1ccc(OCCNC(=S)NCC[NH+]2CCOCC2)c(C)c1. The number of benzene rings is 1. The van der Waals surface area contributed by atoms with Crippen molar-refractivity contribution in [3.63, 3.8) is 0 Å². The standard InChI is InChI=1S/C17H27N3O2S/c1-14-3-4-16(15(2)13-14)22-10-6-19-17(23)18-5-7-20-8-11-21-12-9-20/h3-4,13H,5-12H2,1-2H3,(H2,18,19,23)/p+1. The number of hydrogen-bond donors (Lipinski definition) is 3. The van der Waals surface area contributed by atoms with E-state index in [1.807, 2.05) is 6.07 Å². The molecule has 0 amide bonds.